The van der Waals surface area contributed by atoms with Gasteiger partial charge in [-0.15, -0.1) is 0 Å². The van der Waals surface area contributed by atoms with Crippen LogP contribution in [0.5, 0.6) is 0 Å². The summed E-state index contributed by atoms with van der Waals surface area (Å²) in [7, 11) is 1.72. The molecule has 1 aromatic carbocycles. The molecule has 0 unspecified atom stereocenters. The van der Waals surface area contributed by atoms with Crippen LogP contribution in [0.1, 0.15) is 32.3 Å². The van der Waals surface area contributed by atoms with Crippen molar-refractivity contribution in [2.75, 3.05) is 38.3 Å². The molecule has 0 aliphatic carbocycles. The summed E-state index contributed by atoms with van der Waals surface area (Å²) in [4.78, 5) is 2.49. The minimum absolute atomic E-state index is 0.472. The second-order valence-corrected chi connectivity index (χ2v) is 7.03. The molecule has 0 amide bonds. The van der Waals surface area contributed by atoms with Crippen molar-refractivity contribution in [3.05, 3.63) is 28.8 Å². The lowest BCUT2D eigenvalue weighted by molar-refractivity contribution is 0.199. The maximum atomic E-state index is 6.17. The number of methoxy groups -OCH3 is 1. The average molecular weight is 311 g/mol. The lowest BCUT2D eigenvalue weighted by Crippen LogP contribution is -2.38. The van der Waals surface area contributed by atoms with E-state index in [0.29, 0.717) is 5.41 Å². The van der Waals surface area contributed by atoms with Gasteiger partial charge in [0.15, 0.2) is 0 Å². The summed E-state index contributed by atoms with van der Waals surface area (Å²) < 4.78 is 5.07. The van der Waals surface area contributed by atoms with Crippen LogP contribution < -0.4 is 10.2 Å². The quantitative estimate of drug-likeness (QED) is 0.811. The van der Waals surface area contributed by atoms with Crippen molar-refractivity contribution in [2.24, 2.45) is 5.41 Å². The molecule has 0 aromatic heterocycles. The molecule has 0 radical (unpaired) electrons. The SMILES string of the molecule is COCCNCc1cc(Cl)ccc1N1CCC(C)(C)CC1. The van der Waals surface area contributed by atoms with Crippen molar-refractivity contribution in [1.29, 1.82) is 0 Å². The smallest absolute Gasteiger partial charge is 0.0587 e. The molecule has 4 heteroatoms. The Kier molecular flexibility index (Phi) is 5.91. The average Bonchev–Trinajstić information content (AvgIpc) is 2.44. The van der Waals surface area contributed by atoms with E-state index in [-0.39, 0.29) is 0 Å². The molecule has 21 heavy (non-hydrogen) atoms. The van der Waals surface area contributed by atoms with Crippen molar-refractivity contribution < 1.29 is 4.74 Å². The molecule has 0 bridgehead atoms. The van der Waals surface area contributed by atoms with E-state index in [1.807, 2.05) is 6.07 Å². The second kappa shape index (κ2) is 7.48. The highest BCUT2D eigenvalue weighted by atomic mass is 35.5. The highest BCUT2D eigenvalue weighted by molar-refractivity contribution is 6.30. The Morgan fingerprint density at radius 1 is 1.29 bits per heavy atom. The van der Waals surface area contributed by atoms with E-state index in [1.54, 1.807) is 7.11 Å². The molecular formula is C17H27ClN2O. The van der Waals surface area contributed by atoms with Gasteiger partial charge in [-0.3, -0.25) is 0 Å². The number of hydrogen-bond acceptors (Lipinski definition) is 3. The molecule has 1 saturated heterocycles. The van der Waals surface area contributed by atoms with E-state index >= 15 is 0 Å². The zero-order chi connectivity index (χ0) is 15.3. The summed E-state index contributed by atoms with van der Waals surface area (Å²) in [6, 6.07) is 6.24. The lowest BCUT2D eigenvalue weighted by Gasteiger charge is -2.39. The van der Waals surface area contributed by atoms with Crippen molar-refractivity contribution in [1.82, 2.24) is 5.32 Å². The van der Waals surface area contributed by atoms with Gasteiger partial charge in [-0.25, -0.2) is 0 Å². The fraction of sp³-hybridized carbons (Fsp3) is 0.647. The monoisotopic (exact) mass is 310 g/mol. The molecule has 0 spiro atoms. The molecule has 3 nitrogen and oxygen atoms in total. The van der Waals surface area contributed by atoms with E-state index in [4.69, 9.17) is 16.3 Å². The summed E-state index contributed by atoms with van der Waals surface area (Å²) in [5.74, 6) is 0. The van der Waals surface area contributed by atoms with Crippen LogP contribution in [-0.4, -0.2) is 33.4 Å². The van der Waals surface area contributed by atoms with Gasteiger partial charge in [-0.2, -0.15) is 0 Å². The molecular weight excluding hydrogens is 284 g/mol. The summed E-state index contributed by atoms with van der Waals surface area (Å²) in [6.07, 6.45) is 2.48. The van der Waals surface area contributed by atoms with Crippen LogP contribution in [0.25, 0.3) is 0 Å². The Morgan fingerprint density at radius 3 is 2.67 bits per heavy atom. The number of hydrogen-bond donors (Lipinski definition) is 1. The van der Waals surface area contributed by atoms with E-state index < -0.39 is 0 Å². The molecule has 1 aromatic rings. The van der Waals surface area contributed by atoms with E-state index in [1.165, 1.54) is 24.1 Å². The number of ether oxygens (including phenoxy) is 1. The standard InChI is InChI=1S/C17H27ClN2O/c1-17(2)6-9-20(10-7-17)16-5-4-15(18)12-14(16)13-19-8-11-21-3/h4-5,12,19H,6-11,13H2,1-3H3. The maximum Gasteiger partial charge on any atom is 0.0587 e. The molecule has 2 rings (SSSR count). The largest absolute Gasteiger partial charge is 0.383 e. The van der Waals surface area contributed by atoms with Crippen molar-refractivity contribution in [3.63, 3.8) is 0 Å². The minimum atomic E-state index is 0.472. The summed E-state index contributed by atoms with van der Waals surface area (Å²) >= 11 is 6.17. The number of nitrogens with one attached hydrogen (secondary N) is 1. The van der Waals surface area contributed by atoms with E-state index in [2.05, 4.69) is 36.2 Å². The van der Waals surface area contributed by atoms with Crippen LogP contribution in [0, 0.1) is 5.41 Å². The topological polar surface area (TPSA) is 24.5 Å². The number of rotatable bonds is 6. The highest BCUT2D eigenvalue weighted by Crippen LogP contribution is 2.34. The third kappa shape index (κ3) is 4.87. The summed E-state index contributed by atoms with van der Waals surface area (Å²) in [6.45, 7) is 9.39. The van der Waals surface area contributed by atoms with Gasteiger partial charge in [0, 0.05) is 44.0 Å². The molecule has 1 aliphatic heterocycles. The van der Waals surface area contributed by atoms with Crippen LogP contribution in [0.15, 0.2) is 18.2 Å². The molecule has 118 valence electrons. The summed E-state index contributed by atoms with van der Waals surface area (Å²) in [5, 5.41) is 4.22. The predicted octanol–water partition coefficient (Wildman–Crippen LogP) is 3.70. The minimum Gasteiger partial charge on any atom is -0.383 e. The normalized spacial score (nSPS) is 18.0. The third-order valence-corrected chi connectivity index (χ3v) is 4.53. The van der Waals surface area contributed by atoms with Crippen LogP contribution >= 0.6 is 11.6 Å². The van der Waals surface area contributed by atoms with Gasteiger partial charge < -0.3 is 15.0 Å². The van der Waals surface area contributed by atoms with Crippen LogP contribution in [0.4, 0.5) is 5.69 Å². The van der Waals surface area contributed by atoms with Gasteiger partial charge in [-0.1, -0.05) is 25.4 Å². The van der Waals surface area contributed by atoms with Gasteiger partial charge in [-0.05, 0) is 42.0 Å². The van der Waals surface area contributed by atoms with Gasteiger partial charge in [0.1, 0.15) is 0 Å². The second-order valence-electron chi connectivity index (χ2n) is 6.59. The number of nitrogens with zero attached hydrogens (tertiary/aromatic N) is 1. The first-order valence-corrected chi connectivity index (χ1v) is 8.13. The van der Waals surface area contributed by atoms with E-state index in [9.17, 15) is 0 Å². The lowest BCUT2D eigenvalue weighted by atomic mass is 9.82. The van der Waals surface area contributed by atoms with Gasteiger partial charge >= 0.3 is 0 Å². The van der Waals surface area contributed by atoms with Crippen LogP contribution in [0.2, 0.25) is 5.02 Å². The third-order valence-electron chi connectivity index (χ3n) is 4.30. The first-order chi connectivity index (χ1) is 10.0. The summed E-state index contributed by atoms with van der Waals surface area (Å²) in [5.41, 5.74) is 3.07. The maximum absolute atomic E-state index is 6.17. The van der Waals surface area contributed by atoms with Crippen molar-refractivity contribution >= 4 is 17.3 Å². The molecule has 1 fully saturated rings. The Labute approximate surface area is 133 Å². The Morgan fingerprint density at radius 2 is 2.00 bits per heavy atom. The van der Waals surface area contributed by atoms with Crippen LogP contribution in [0.3, 0.4) is 0 Å². The fourth-order valence-corrected chi connectivity index (χ4v) is 2.95. The van der Waals surface area contributed by atoms with Crippen molar-refractivity contribution in [3.8, 4) is 0 Å². The number of piperidine rings is 1. The Balaban J connectivity index is 2.04. The number of halogens is 1. The zero-order valence-corrected chi connectivity index (χ0v) is 14.2. The number of anilines is 1. The first kappa shape index (κ1) is 16.6. The zero-order valence-electron chi connectivity index (χ0n) is 13.4. The van der Waals surface area contributed by atoms with E-state index in [0.717, 1.165) is 37.8 Å². The molecule has 1 heterocycles. The Hall–Kier alpha value is -0.770. The Bertz CT molecular complexity index is 452. The van der Waals surface area contributed by atoms with Gasteiger partial charge in [0.25, 0.3) is 0 Å². The van der Waals surface area contributed by atoms with Gasteiger partial charge in [0.05, 0.1) is 6.61 Å². The molecule has 0 saturated carbocycles. The predicted molar refractivity (Wildman–Crippen MR) is 90.3 cm³/mol. The van der Waals surface area contributed by atoms with Crippen LogP contribution in [-0.2, 0) is 11.3 Å². The molecule has 1 aliphatic rings. The fourth-order valence-electron chi connectivity index (χ4n) is 2.75. The highest BCUT2D eigenvalue weighted by Gasteiger charge is 2.26. The number of benzene rings is 1. The molecule has 1 N–H and O–H groups in total. The molecule has 0 atom stereocenters. The van der Waals surface area contributed by atoms with Gasteiger partial charge in [0.2, 0.25) is 0 Å². The first-order valence-electron chi connectivity index (χ1n) is 7.75. The van der Waals surface area contributed by atoms with Crippen molar-refractivity contribution in [2.45, 2.75) is 33.2 Å².